The second-order valence-corrected chi connectivity index (χ2v) is 6.33. The van der Waals surface area contributed by atoms with Crippen molar-refractivity contribution in [3.63, 3.8) is 0 Å². The highest BCUT2D eigenvalue weighted by Crippen LogP contribution is 2.32. The van der Waals surface area contributed by atoms with E-state index in [1.807, 2.05) is 52.0 Å². The lowest BCUT2D eigenvalue weighted by atomic mass is 10.2. The third kappa shape index (κ3) is 4.61. The molecule has 100 valence electrons. The number of benzene rings is 1. The topological polar surface area (TPSA) is 35.5 Å². The summed E-state index contributed by atoms with van der Waals surface area (Å²) in [5, 5.41) is -0.263. The monoisotopic (exact) mass is 268 g/mol. The molecular weight excluding hydrogens is 248 g/mol. The van der Waals surface area contributed by atoms with E-state index in [-0.39, 0.29) is 11.2 Å². The zero-order chi connectivity index (χ0) is 13.8. The molecule has 0 spiro atoms. The highest BCUT2D eigenvalue weighted by atomic mass is 32.2. The van der Waals surface area contributed by atoms with Crippen molar-refractivity contribution in [3.05, 3.63) is 24.3 Å². The molecule has 0 aliphatic heterocycles. The predicted molar refractivity (Wildman–Crippen MR) is 74.2 cm³/mol. The number of carbonyl (C=O) groups is 1. The van der Waals surface area contributed by atoms with Crippen LogP contribution < -0.4 is 4.74 Å². The summed E-state index contributed by atoms with van der Waals surface area (Å²) in [7, 11) is 1.62. The molecule has 0 radical (unpaired) electrons. The van der Waals surface area contributed by atoms with Crippen molar-refractivity contribution in [2.75, 3.05) is 7.11 Å². The number of esters is 1. The zero-order valence-electron chi connectivity index (χ0n) is 11.5. The lowest BCUT2D eigenvalue weighted by Gasteiger charge is -2.22. The Morgan fingerprint density at radius 3 is 2.44 bits per heavy atom. The van der Waals surface area contributed by atoms with E-state index in [9.17, 15) is 4.79 Å². The molecule has 0 amide bonds. The maximum atomic E-state index is 11.9. The summed E-state index contributed by atoms with van der Waals surface area (Å²) in [6.45, 7) is 7.44. The summed E-state index contributed by atoms with van der Waals surface area (Å²) in [6, 6.07) is 7.64. The molecule has 1 aromatic carbocycles. The van der Waals surface area contributed by atoms with Gasteiger partial charge in [-0.1, -0.05) is 12.1 Å². The van der Waals surface area contributed by atoms with Crippen LogP contribution in [0.5, 0.6) is 5.75 Å². The van der Waals surface area contributed by atoms with Gasteiger partial charge in [-0.25, -0.2) is 0 Å². The third-order valence-electron chi connectivity index (χ3n) is 2.11. The van der Waals surface area contributed by atoms with E-state index in [4.69, 9.17) is 9.47 Å². The van der Waals surface area contributed by atoms with Crippen molar-refractivity contribution >= 4 is 17.7 Å². The molecule has 0 bridgehead atoms. The van der Waals surface area contributed by atoms with Gasteiger partial charge in [0, 0.05) is 0 Å². The molecule has 3 nitrogen and oxygen atoms in total. The molecule has 4 heteroatoms. The van der Waals surface area contributed by atoms with Crippen molar-refractivity contribution in [1.29, 1.82) is 0 Å². The van der Waals surface area contributed by atoms with Gasteiger partial charge in [0.05, 0.1) is 12.0 Å². The molecule has 18 heavy (non-hydrogen) atoms. The molecule has 1 aromatic rings. The van der Waals surface area contributed by atoms with Gasteiger partial charge in [-0.2, -0.15) is 0 Å². The van der Waals surface area contributed by atoms with Gasteiger partial charge in [-0.3, -0.25) is 4.79 Å². The fraction of sp³-hybridized carbons (Fsp3) is 0.500. The number of carbonyl (C=O) groups excluding carboxylic acids is 1. The fourth-order valence-corrected chi connectivity index (χ4v) is 2.29. The van der Waals surface area contributed by atoms with Crippen LogP contribution in [0.4, 0.5) is 0 Å². The molecule has 0 heterocycles. The normalized spacial score (nSPS) is 12.9. The molecule has 0 fully saturated rings. The first-order valence-electron chi connectivity index (χ1n) is 5.86. The minimum Gasteiger partial charge on any atom is -0.496 e. The average Bonchev–Trinajstić information content (AvgIpc) is 2.27. The number of methoxy groups -OCH3 is 1. The Morgan fingerprint density at radius 1 is 1.28 bits per heavy atom. The van der Waals surface area contributed by atoms with Crippen LogP contribution in [0.3, 0.4) is 0 Å². The van der Waals surface area contributed by atoms with Crippen LogP contribution in [0, 0.1) is 0 Å². The first kappa shape index (κ1) is 14.9. The Bertz CT molecular complexity index is 410. The molecule has 1 unspecified atom stereocenters. The fourth-order valence-electron chi connectivity index (χ4n) is 1.34. The molecule has 0 saturated heterocycles. The second kappa shape index (κ2) is 6.14. The van der Waals surface area contributed by atoms with Crippen LogP contribution in [0.15, 0.2) is 29.2 Å². The highest BCUT2D eigenvalue weighted by molar-refractivity contribution is 8.00. The smallest absolute Gasteiger partial charge is 0.319 e. The van der Waals surface area contributed by atoms with Gasteiger partial charge in [0.15, 0.2) is 0 Å². The number of hydrogen-bond donors (Lipinski definition) is 0. The maximum absolute atomic E-state index is 11.9. The van der Waals surface area contributed by atoms with Crippen molar-refractivity contribution < 1.29 is 14.3 Å². The lowest BCUT2D eigenvalue weighted by Crippen LogP contribution is -2.28. The minimum absolute atomic E-state index is 0.210. The molecule has 0 saturated carbocycles. The molecular formula is C14H20O3S. The van der Waals surface area contributed by atoms with E-state index in [2.05, 4.69) is 0 Å². The van der Waals surface area contributed by atoms with Gasteiger partial charge in [0.25, 0.3) is 0 Å². The van der Waals surface area contributed by atoms with Crippen molar-refractivity contribution in [2.24, 2.45) is 0 Å². The van der Waals surface area contributed by atoms with Crippen LogP contribution in [0.1, 0.15) is 27.7 Å². The van der Waals surface area contributed by atoms with Crippen LogP contribution in [0.25, 0.3) is 0 Å². The Hall–Kier alpha value is -1.16. The average molecular weight is 268 g/mol. The van der Waals surface area contributed by atoms with Crippen LogP contribution in [0.2, 0.25) is 0 Å². The Morgan fingerprint density at radius 2 is 1.89 bits per heavy atom. The first-order chi connectivity index (χ1) is 8.33. The van der Waals surface area contributed by atoms with E-state index >= 15 is 0 Å². The van der Waals surface area contributed by atoms with Crippen LogP contribution >= 0.6 is 11.8 Å². The number of para-hydroxylation sites is 1. The van der Waals surface area contributed by atoms with E-state index < -0.39 is 5.60 Å². The van der Waals surface area contributed by atoms with Crippen LogP contribution in [-0.2, 0) is 9.53 Å². The van der Waals surface area contributed by atoms with Gasteiger partial charge in [0.1, 0.15) is 16.6 Å². The van der Waals surface area contributed by atoms with Crippen molar-refractivity contribution in [3.8, 4) is 5.75 Å². The summed E-state index contributed by atoms with van der Waals surface area (Å²) in [5.41, 5.74) is -0.452. The second-order valence-electron chi connectivity index (χ2n) is 4.94. The number of rotatable bonds is 4. The molecule has 0 aromatic heterocycles. The summed E-state index contributed by atoms with van der Waals surface area (Å²) in [6.07, 6.45) is 0. The van der Waals surface area contributed by atoms with Gasteiger partial charge < -0.3 is 9.47 Å². The van der Waals surface area contributed by atoms with E-state index in [0.29, 0.717) is 0 Å². The standard InChI is InChI=1S/C14H20O3S/c1-10(13(15)17-14(2,3)4)18-12-9-7-6-8-11(12)16-5/h6-10H,1-5H3. The molecule has 1 rings (SSSR count). The molecule has 1 atom stereocenters. The number of ether oxygens (including phenoxy) is 2. The van der Waals surface area contributed by atoms with E-state index in [1.54, 1.807) is 7.11 Å². The van der Waals surface area contributed by atoms with Crippen molar-refractivity contribution in [2.45, 2.75) is 43.4 Å². The van der Waals surface area contributed by atoms with Gasteiger partial charge in [-0.05, 0) is 39.8 Å². The summed E-state index contributed by atoms with van der Waals surface area (Å²) < 4.78 is 10.6. The highest BCUT2D eigenvalue weighted by Gasteiger charge is 2.23. The van der Waals surface area contributed by atoms with Gasteiger partial charge in [0.2, 0.25) is 0 Å². The number of thioether (sulfide) groups is 1. The Kier molecular flexibility index (Phi) is 5.08. The molecule has 0 N–H and O–H groups in total. The van der Waals surface area contributed by atoms with Crippen molar-refractivity contribution in [1.82, 2.24) is 0 Å². The van der Waals surface area contributed by atoms with Gasteiger partial charge >= 0.3 is 5.97 Å². The summed E-state index contributed by atoms with van der Waals surface area (Å²) >= 11 is 1.44. The lowest BCUT2D eigenvalue weighted by molar-refractivity contribution is -0.153. The summed E-state index contributed by atoms with van der Waals surface area (Å²) in [4.78, 5) is 12.8. The quantitative estimate of drug-likeness (QED) is 0.618. The molecule has 0 aliphatic rings. The summed E-state index contributed by atoms with van der Waals surface area (Å²) in [5.74, 6) is 0.566. The van der Waals surface area contributed by atoms with E-state index in [0.717, 1.165) is 10.6 Å². The zero-order valence-corrected chi connectivity index (χ0v) is 12.3. The SMILES string of the molecule is COc1ccccc1SC(C)C(=O)OC(C)(C)C. The number of hydrogen-bond acceptors (Lipinski definition) is 4. The largest absolute Gasteiger partial charge is 0.496 e. The maximum Gasteiger partial charge on any atom is 0.319 e. The minimum atomic E-state index is -0.452. The van der Waals surface area contributed by atoms with E-state index in [1.165, 1.54) is 11.8 Å². The molecule has 0 aliphatic carbocycles. The van der Waals surface area contributed by atoms with Crippen LogP contribution in [-0.4, -0.2) is 23.9 Å². The third-order valence-corrected chi connectivity index (χ3v) is 3.25. The predicted octanol–water partition coefficient (Wildman–Crippen LogP) is 3.52. The Balaban J connectivity index is 2.69. The van der Waals surface area contributed by atoms with Gasteiger partial charge in [-0.15, -0.1) is 11.8 Å². The first-order valence-corrected chi connectivity index (χ1v) is 6.74. The Labute approximate surface area is 113 Å².